The van der Waals surface area contributed by atoms with Crippen LogP contribution in [0.25, 0.3) is 0 Å². The molecule has 1 aromatic rings. The number of ether oxygens (including phenoxy) is 7. The Morgan fingerprint density at radius 2 is 1.67 bits per heavy atom. The molecule has 0 aliphatic carbocycles. The Morgan fingerprint density at radius 3 is 2.33 bits per heavy atom. The summed E-state index contributed by atoms with van der Waals surface area (Å²) in [6.07, 6.45) is -1.94. The van der Waals surface area contributed by atoms with E-state index in [9.17, 15) is 0 Å². The van der Waals surface area contributed by atoms with Gasteiger partial charge in [-0.1, -0.05) is 12.1 Å². The van der Waals surface area contributed by atoms with E-state index in [4.69, 9.17) is 33.2 Å². The third-order valence-electron chi connectivity index (χ3n) is 4.75. The predicted molar refractivity (Wildman–Crippen MR) is 98.9 cm³/mol. The molecule has 0 radical (unpaired) electrons. The second-order valence-electron chi connectivity index (χ2n) is 7.72. The number of hydrogen-bond acceptors (Lipinski definition) is 7. The van der Waals surface area contributed by atoms with E-state index in [1.54, 1.807) is 0 Å². The summed E-state index contributed by atoms with van der Waals surface area (Å²) >= 11 is 3.27. The van der Waals surface area contributed by atoms with Crippen LogP contribution in [0, 0.1) is 0 Å². The molecule has 7 nitrogen and oxygen atoms in total. The highest BCUT2D eigenvalue weighted by atomic mass is 79.9. The second kappa shape index (κ2) is 7.17. The van der Waals surface area contributed by atoms with Crippen molar-refractivity contribution in [1.29, 1.82) is 0 Å². The first kappa shape index (κ1) is 19.4. The van der Waals surface area contributed by atoms with Crippen molar-refractivity contribution in [2.24, 2.45) is 0 Å². The molecule has 3 aliphatic rings. The first-order chi connectivity index (χ1) is 12.8. The molecule has 3 aliphatic heterocycles. The van der Waals surface area contributed by atoms with Crippen molar-refractivity contribution in [3.05, 3.63) is 24.3 Å². The van der Waals surface area contributed by atoms with Crippen LogP contribution in [0.15, 0.2) is 24.3 Å². The van der Waals surface area contributed by atoms with Gasteiger partial charge in [0, 0.05) is 0 Å². The van der Waals surface area contributed by atoms with Gasteiger partial charge >= 0.3 is 0 Å². The van der Waals surface area contributed by atoms with Crippen LogP contribution in [0.1, 0.15) is 27.7 Å². The van der Waals surface area contributed by atoms with Crippen LogP contribution in [0.2, 0.25) is 0 Å². The van der Waals surface area contributed by atoms with Crippen LogP contribution in [0.5, 0.6) is 11.5 Å². The quantitative estimate of drug-likeness (QED) is 0.645. The number of benzene rings is 1. The Labute approximate surface area is 167 Å². The second-order valence-corrected chi connectivity index (χ2v) is 8.18. The summed E-state index contributed by atoms with van der Waals surface area (Å²) < 4.78 is 41.8. The van der Waals surface area contributed by atoms with Crippen molar-refractivity contribution in [2.45, 2.75) is 70.0 Å². The number of fused-ring (bicyclic) bond motifs is 1. The smallest absolute Gasteiger partial charge is 0.229 e. The molecule has 8 heteroatoms. The lowest BCUT2D eigenvalue weighted by Crippen LogP contribution is -2.40. The standard InChI is InChI=1S/C19H25BrO7/c1-18(2)22-9-13(25-18)14-15-16(27-19(3,4)26-15)17(24-14)23-12-8-6-5-7-11(12)21-10-20/h5-8,13-17H,9-10H2,1-4H3/t13-,14-,15+,16+,17+/m1/s1. The van der Waals surface area contributed by atoms with Gasteiger partial charge in [-0.15, -0.1) is 0 Å². The molecule has 5 atom stereocenters. The Morgan fingerprint density at radius 1 is 0.963 bits per heavy atom. The van der Waals surface area contributed by atoms with Crippen LogP contribution in [-0.2, 0) is 23.7 Å². The summed E-state index contributed by atoms with van der Waals surface area (Å²) in [5, 5.41) is 0. The fourth-order valence-electron chi connectivity index (χ4n) is 3.71. The summed E-state index contributed by atoms with van der Waals surface area (Å²) in [4.78, 5) is 0. The van der Waals surface area contributed by atoms with Crippen molar-refractivity contribution in [3.8, 4) is 11.5 Å². The molecule has 0 unspecified atom stereocenters. The van der Waals surface area contributed by atoms with Gasteiger partial charge in [-0.3, -0.25) is 0 Å². The topological polar surface area (TPSA) is 64.6 Å². The highest BCUT2D eigenvalue weighted by Gasteiger charge is 2.60. The van der Waals surface area contributed by atoms with Crippen LogP contribution in [0.3, 0.4) is 0 Å². The van der Waals surface area contributed by atoms with Crippen LogP contribution in [-0.4, -0.2) is 54.4 Å². The molecule has 3 fully saturated rings. The minimum absolute atomic E-state index is 0.257. The maximum Gasteiger partial charge on any atom is 0.229 e. The lowest BCUT2D eigenvalue weighted by Gasteiger charge is -2.27. The van der Waals surface area contributed by atoms with Gasteiger partial charge in [0.15, 0.2) is 29.2 Å². The largest absolute Gasteiger partial charge is 0.479 e. The summed E-state index contributed by atoms with van der Waals surface area (Å²) in [5.41, 5.74) is 0.364. The molecule has 0 spiro atoms. The van der Waals surface area contributed by atoms with E-state index in [1.165, 1.54) is 0 Å². The lowest BCUT2D eigenvalue weighted by atomic mass is 10.1. The molecule has 150 valence electrons. The van der Waals surface area contributed by atoms with Gasteiger partial charge in [0.2, 0.25) is 6.29 Å². The van der Waals surface area contributed by atoms with Crippen molar-refractivity contribution in [3.63, 3.8) is 0 Å². The Kier molecular flexibility index (Phi) is 5.15. The van der Waals surface area contributed by atoms with Gasteiger partial charge in [-0.25, -0.2) is 0 Å². The van der Waals surface area contributed by atoms with Crippen LogP contribution in [0.4, 0.5) is 0 Å². The Balaban J connectivity index is 1.55. The van der Waals surface area contributed by atoms with Gasteiger partial charge in [0.25, 0.3) is 0 Å². The van der Waals surface area contributed by atoms with E-state index in [0.29, 0.717) is 23.6 Å². The zero-order valence-electron chi connectivity index (χ0n) is 15.8. The molecular formula is C19H25BrO7. The van der Waals surface area contributed by atoms with Crippen molar-refractivity contribution in [2.75, 3.05) is 12.1 Å². The molecular weight excluding hydrogens is 420 g/mol. The van der Waals surface area contributed by atoms with Crippen molar-refractivity contribution >= 4 is 15.9 Å². The van der Waals surface area contributed by atoms with E-state index in [1.807, 2.05) is 52.0 Å². The maximum atomic E-state index is 6.19. The molecule has 27 heavy (non-hydrogen) atoms. The summed E-state index contributed by atoms with van der Waals surface area (Å²) in [5.74, 6) is -0.163. The number of alkyl halides is 1. The van der Waals surface area contributed by atoms with Gasteiger partial charge < -0.3 is 33.2 Å². The molecule has 0 amide bonds. The summed E-state index contributed by atoms with van der Waals surface area (Å²) in [7, 11) is 0. The average Bonchev–Trinajstić information content (AvgIpc) is 3.21. The number of rotatable bonds is 5. The molecule has 3 saturated heterocycles. The van der Waals surface area contributed by atoms with E-state index in [-0.39, 0.29) is 24.4 Å². The summed E-state index contributed by atoms with van der Waals surface area (Å²) in [6.45, 7) is 7.98. The van der Waals surface area contributed by atoms with Gasteiger partial charge in [-0.05, 0) is 55.8 Å². The Hall–Kier alpha value is -0.900. The monoisotopic (exact) mass is 444 g/mol. The SMILES string of the molecule is CC1(C)O[C@@H]2[C@H](O1)[C@@H](Oc1ccccc1OCBr)O[C@@H]2[C@H]1COC(C)(C)O1. The molecule has 3 heterocycles. The highest BCUT2D eigenvalue weighted by molar-refractivity contribution is 9.09. The predicted octanol–water partition coefficient (Wildman–Crippen LogP) is 3.19. The summed E-state index contributed by atoms with van der Waals surface area (Å²) in [6, 6.07) is 7.44. The van der Waals surface area contributed by atoms with Crippen molar-refractivity contribution < 1.29 is 33.2 Å². The minimum atomic E-state index is -0.722. The normalized spacial score (nSPS) is 36.6. The van der Waals surface area contributed by atoms with Crippen LogP contribution < -0.4 is 9.47 Å². The van der Waals surface area contributed by atoms with E-state index in [2.05, 4.69) is 15.9 Å². The zero-order valence-corrected chi connectivity index (χ0v) is 17.4. The van der Waals surface area contributed by atoms with Gasteiger partial charge in [0.05, 0.1) is 6.61 Å². The third-order valence-corrected chi connectivity index (χ3v) is 4.97. The van der Waals surface area contributed by atoms with E-state index < -0.39 is 17.9 Å². The van der Waals surface area contributed by atoms with Gasteiger partial charge in [-0.2, -0.15) is 0 Å². The molecule has 0 bridgehead atoms. The molecule has 0 saturated carbocycles. The molecule has 4 rings (SSSR count). The fraction of sp³-hybridized carbons (Fsp3) is 0.684. The number of halogens is 1. The Bertz CT molecular complexity index is 680. The van der Waals surface area contributed by atoms with E-state index >= 15 is 0 Å². The average molecular weight is 445 g/mol. The third kappa shape index (κ3) is 3.97. The number of para-hydroxylation sites is 2. The van der Waals surface area contributed by atoms with Crippen molar-refractivity contribution in [1.82, 2.24) is 0 Å². The zero-order chi connectivity index (χ0) is 19.2. The fourth-order valence-corrected chi connectivity index (χ4v) is 3.96. The molecule has 0 N–H and O–H groups in total. The minimum Gasteiger partial charge on any atom is -0.479 e. The lowest BCUT2D eigenvalue weighted by molar-refractivity contribution is -0.230. The first-order valence-corrected chi connectivity index (χ1v) is 10.2. The van der Waals surface area contributed by atoms with Crippen LogP contribution >= 0.6 is 15.9 Å². The molecule has 0 aromatic heterocycles. The van der Waals surface area contributed by atoms with E-state index in [0.717, 1.165) is 0 Å². The highest BCUT2D eigenvalue weighted by Crippen LogP contribution is 2.43. The number of hydrogen-bond donors (Lipinski definition) is 0. The first-order valence-electron chi connectivity index (χ1n) is 9.05. The van der Waals surface area contributed by atoms with Gasteiger partial charge in [0.1, 0.15) is 23.8 Å². The molecule has 1 aromatic carbocycles. The maximum absolute atomic E-state index is 6.19.